The SMILES string of the molecule is CCCCCCCCCCCCCCCCCCCCCCCCCCCC[N+](C)(C)CCCCC. The van der Waals surface area contributed by atoms with E-state index >= 15 is 0 Å². The van der Waals surface area contributed by atoms with Crippen LogP contribution < -0.4 is 0 Å². The summed E-state index contributed by atoms with van der Waals surface area (Å²) in [6.45, 7) is 7.36. The molecule has 0 aromatic rings. The minimum absolute atomic E-state index is 1.24. The van der Waals surface area contributed by atoms with Crippen molar-refractivity contribution in [3.63, 3.8) is 0 Å². The summed E-state index contributed by atoms with van der Waals surface area (Å²) in [6.07, 6.45) is 42.6. The van der Waals surface area contributed by atoms with E-state index in [1.807, 2.05) is 0 Å². The van der Waals surface area contributed by atoms with Crippen molar-refractivity contribution in [2.75, 3.05) is 27.2 Å². The molecule has 0 unspecified atom stereocenters. The Bertz CT molecular complexity index is 388. The highest BCUT2D eigenvalue weighted by molar-refractivity contribution is 4.52. The maximum Gasteiger partial charge on any atom is 0.0782 e. The summed E-state index contributed by atoms with van der Waals surface area (Å²) in [5, 5.41) is 0. The van der Waals surface area contributed by atoms with Crippen LogP contribution in [0.15, 0.2) is 0 Å². The molecule has 1 heteroatoms. The van der Waals surface area contributed by atoms with Gasteiger partial charge in [-0.3, -0.25) is 0 Å². The van der Waals surface area contributed by atoms with Crippen LogP contribution in [0.3, 0.4) is 0 Å². The fraction of sp³-hybridized carbons (Fsp3) is 1.00. The van der Waals surface area contributed by atoms with Crippen LogP contribution in [-0.4, -0.2) is 31.7 Å². The summed E-state index contributed by atoms with van der Waals surface area (Å²) in [4.78, 5) is 0. The second kappa shape index (κ2) is 29.5. The van der Waals surface area contributed by atoms with Crippen LogP contribution in [0.25, 0.3) is 0 Å². The predicted molar refractivity (Wildman–Crippen MR) is 167 cm³/mol. The summed E-state index contributed by atoms with van der Waals surface area (Å²) in [6, 6.07) is 0. The largest absolute Gasteiger partial charge is 0.328 e. The lowest BCUT2D eigenvalue weighted by molar-refractivity contribution is -0.890. The predicted octanol–water partition coefficient (Wildman–Crippen LogP) is 12.4. The van der Waals surface area contributed by atoms with Crippen molar-refractivity contribution in [3.8, 4) is 0 Å². The number of hydrogen-bond acceptors (Lipinski definition) is 0. The molecule has 0 bridgehead atoms. The maximum atomic E-state index is 2.43. The Balaban J connectivity index is 3.12. The first-order valence-electron chi connectivity index (χ1n) is 17.4. The lowest BCUT2D eigenvalue weighted by Crippen LogP contribution is -2.41. The van der Waals surface area contributed by atoms with E-state index in [9.17, 15) is 0 Å². The number of hydrogen-bond donors (Lipinski definition) is 0. The normalized spacial score (nSPS) is 12.0. The van der Waals surface area contributed by atoms with E-state index in [0.29, 0.717) is 0 Å². The monoisotopic (exact) mass is 509 g/mol. The second-order valence-corrected chi connectivity index (χ2v) is 12.9. The van der Waals surface area contributed by atoms with Gasteiger partial charge < -0.3 is 4.48 Å². The van der Waals surface area contributed by atoms with Gasteiger partial charge in [-0.25, -0.2) is 0 Å². The molecule has 0 atom stereocenters. The van der Waals surface area contributed by atoms with Crippen LogP contribution in [0.1, 0.15) is 200 Å². The minimum atomic E-state index is 1.24. The molecular weight excluding hydrogens is 434 g/mol. The van der Waals surface area contributed by atoms with Crippen molar-refractivity contribution in [1.29, 1.82) is 0 Å². The highest BCUT2D eigenvalue weighted by Gasteiger charge is 2.13. The molecule has 0 aromatic carbocycles. The lowest BCUT2D eigenvalue weighted by atomic mass is 10.0. The molecule has 0 rings (SSSR count). The average molecular weight is 509 g/mol. The van der Waals surface area contributed by atoms with Crippen LogP contribution in [0, 0.1) is 0 Å². The zero-order valence-electron chi connectivity index (χ0n) is 26.4. The molecule has 0 radical (unpaired) electrons. The number of nitrogens with zero attached hydrogens (tertiary/aromatic N) is 1. The molecule has 218 valence electrons. The fourth-order valence-electron chi connectivity index (χ4n) is 5.76. The molecule has 0 saturated carbocycles. The summed E-state index contributed by atoms with van der Waals surface area (Å²) < 4.78 is 1.24. The summed E-state index contributed by atoms with van der Waals surface area (Å²) in [7, 11) is 4.85. The third kappa shape index (κ3) is 30.2. The van der Waals surface area contributed by atoms with Crippen molar-refractivity contribution in [2.45, 2.75) is 200 Å². The molecule has 0 amide bonds. The van der Waals surface area contributed by atoms with Gasteiger partial charge >= 0.3 is 0 Å². The summed E-state index contributed by atoms with van der Waals surface area (Å²) >= 11 is 0. The third-order valence-corrected chi connectivity index (χ3v) is 8.48. The minimum Gasteiger partial charge on any atom is -0.328 e. The van der Waals surface area contributed by atoms with Crippen molar-refractivity contribution in [1.82, 2.24) is 0 Å². The molecule has 0 aromatic heterocycles. The molecule has 0 aliphatic heterocycles. The van der Waals surface area contributed by atoms with E-state index in [1.165, 1.54) is 204 Å². The van der Waals surface area contributed by atoms with Crippen molar-refractivity contribution >= 4 is 0 Å². The van der Waals surface area contributed by atoms with Crippen LogP contribution in [-0.2, 0) is 0 Å². The molecule has 0 fully saturated rings. The molecule has 0 spiro atoms. The Morgan fingerprint density at radius 1 is 0.250 bits per heavy atom. The Kier molecular flexibility index (Phi) is 29.5. The van der Waals surface area contributed by atoms with Crippen molar-refractivity contribution in [3.05, 3.63) is 0 Å². The zero-order valence-corrected chi connectivity index (χ0v) is 26.4. The molecule has 0 aliphatic carbocycles. The van der Waals surface area contributed by atoms with E-state index in [-0.39, 0.29) is 0 Å². The van der Waals surface area contributed by atoms with Crippen molar-refractivity contribution in [2.24, 2.45) is 0 Å². The van der Waals surface area contributed by atoms with Gasteiger partial charge in [0.1, 0.15) is 0 Å². The molecule has 36 heavy (non-hydrogen) atoms. The Morgan fingerprint density at radius 3 is 0.667 bits per heavy atom. The van der Waals surface area contributed by atoms with Gasteiger partial charge in [0, 0.05) is 0 Å². The van der Waals surface area contributed by atoms with Crippen molar-refractivity contribution < 1.29 is 4.48 Å². The smallest absolute Gasteiger partial charge is 0.0782 e. The second-order valence-electron chi connectivity index (χ2n) is 12.9. The number of quaternary nitrogens is 1. The fourth-order valence-corrected chi connectivity index (χ4v) is 5.76. The van der Waals surface area contributed by atoms with Crippen LogP contribution in [0.5, 0.6) is 0 Å². The quantitative estimate of drug-likeness (QED) is 0.0645. The Labute approximate surface area is 231 Å². The van der Waals surface area contributed by atoms with Gasteiger partial charge in [0.2, 0.25) is 0 Å². The highest BCUT2D eigenvalue weighted by Crippen LogP contribution is 2.16. The first-order valence-corrected chi connectivity index (χ1v) is 17.4. The molecule has 1 nitrogen and oxygen atoms in total. The first kappa shape index (κ1) is 36.0. The maximum absolute atomic E-state index is 2.43. The topological polar surface area (TPSA) is 0 Å². The zero-order chi connectivity index (χ0) is 26.4. The van der Waals surface area contributed by atoms with Gasteiger partial charge in [-0.1, -0.05) is 174 Å². The number of rotatable bonds is 31. The van der Waals surface area contributed by atoms with Crippen LogP contribution >= 0.6 is 0 Å². The highest BCUT2D eigenvalue weighted by atomic mass is 15.3. The Morgan fingerprint density at radius 2 is 0.417 bits per heavy atom. The summed E-state index contributed by atoms with van der Waals surface area (Å²) in [5.41, 5.74) is 0. The molecule has 0 aliphatic rings. The average Bonchev–Trinajstić information content (AvgIpc) is 2.86. The van der Waals surface area contributed by atoms with E-state index in [2.05, 4.69) is 27.9 Å². The van der Waals surface area contributed by atoms with E-state index in [4.69, 9.17) is 0 Å². The molecule has 0 heterocycles. The molecule has 0 N–H and O–H groups in total. The standard InChI is InChI=1S/C35H74N/c1-5-7-9-10-11-12-13-14-15-16-17-18-19-20-21-22-23-24-25-26-27-28-29-30-31-33-35-36(3,4)34-32-8-6-2/h5-35H2,1-4H3/q+1. The van der Waals surface area contributed by atoms with Gasteiger partial charge in [0.05, 0.1) is 27.2 Å². The van der Waals surface area contributed by atoms with Gasteiger partial charge in [0.25, 0.3) is 0 Å². The third-order valence-electron chi connectivity index (χ3n) is 8.48. The first-order chi connectivity index (χ1) is 17.6. The lowest BCUT2D eigenvalue weighted by Gasteiger charge is -2.29. The molecular formula is C35H74N+. The van der Waals surface area contributed by atoms with Gasteiger partial charge in [-0.2, -0.15) is 0 Å². The van der Waals surface area contributed by atoms with Gasteiger partial charge in [0.15, 0.2) is 0 Å². The van der Waals surface area contributed by atoms with Crippen LogP contribution in [0.4, 0.5) is 0 Å². The van der Waals surface area contributed by atoms with Gasteiger partial charge in [-0.15, -0.1) is 0 Å². The van der Waals surface area contributed by atoms with E-state index in [1.54, 1.807) is 0 Å². The summed E-state index contributed by atoms with van der Waals surface area (Å²) in [5.74, 6) is 0. The molecule has 0 saturated heterocycles. The Hall–Kier alpha value is -0.0400. The van der Waals surface area contributed by atoms with Gasteiger partial charge in [-0.05, 0) is 25.7 Å². The van der Waals surface area contributed by atoms with E-state index in [0.717, 1.165) is 0 Å². The van der Waals surface area contributed by atoms with Crippen LogP contribution in [0.2, 0.25) is 0 Å². The number of unbranched alkanes of at least 4 members (excludes halogenated alkanes) is 27. The van der Waals surface area contributed by atoms with E-state index < -0.39 is 0 Å².